The summed E-state index contributed by atoms with van der Waals surface area (Å²) < 4.78 is 45.0. The van der Waals surface area contributed by atoms with Crippen molar-refractivity contribution in [3.63, 3.8) is 0 Å². The smallest absolute Gasteiger partial charge is 0.321 e. The van der Waals surface area contributed by atoms with Crippen LogP contribution in [-0.4, -0.2) is 54.2 Å². The van der Waals surface area contributed by atoms with Gasteiger partial charge in [0.1, 0.15) is 11.8 Å². The number of nitrogens with zero attached hydrogens (tertiary/aromatic N) is 1. The van der Waals surface area contributed by atoms with Gasteiger partial charge in [-0.25, -0.2) is 13.2 Å². The SMILES string of the molecule is COc1ccc(C2CCN([C@@H](C(=O)O)[C@@H]3CC[C@H](NC(=O)/C=C/c4cc(F)c(F)c(F)c4)C3)CC2)cc1. The third-order valence-electron chi connectivity index (χ3n) is 7.46. The van der Waals surface area contributed by atoms with Crippen molar-refractivity contribution < 1.29 is 32.6 Å². The number of carboxylic acids is 1. The van der Waals surface area contributed by atoms with E-state index in [1.165, 1.54) is 11.6 Å². The van der Waals surface area contributed by atoms with Crippen molar-refractivity contribution in [2.75, 3.05) is 20.2 Å². The topological polar surface area (TPSA) is 78.9 Å². The fraction of sp³-hybridized carbons (Fsp3) is 0.429. The number of carbonyl (C=O) groups excluding carboxylic acids is 1. The van der Waals surface area contributed by atoms with E-state index in [0.717, 1.165) is 36.8 Å². The molecule has 1 aliphatic carbocycles. The molecule has 1 aliphatic heterocycles. The summed E-state index contributed by atoms with van der Waals surface area (Å²) in [5, 5.41) is 12.9. The van der Waals surface area contributed by atoms with Crippen LogP contribution in [0.1, 0.15) is 49.1 Å². The van der Waals surface area contributed by atoms with Gasteiger partial charge in [-0.05, 0) is 98.5 Å². The van der Waals surface area contributed by atoms with Crippen LogP contribution in [0.2, 0.25) is 0 Å². The number of likely N-dealkylation sites (tertiary alicyclic amines) is 1. The van der Waals surface area contributed by atoms with E-state index in [-0.39, 0.29) is 17.5 Å². The van der Waals surface area contributed by atoms with Crippen LogP contribution >= 0.6 is 0 Å². The molecule has 3 atom stereocenters. The average Bonchev–Trinajstić information content (AvgIpc) is 3.33. The van der Waals surface area contributed by atoms with E-state index in [1.807, 2.05) is 12.1 Å². The fourth-order valence-corrected chi connectivity index (χ4v) is 5.57. The number of nitrogens with one attached hydrogen (secondary N) is 1. The molecule has 2 fully saturated rings. The van der Waals surface area contributed by atoms with Crippen LogP contribution in [-0.2, 0) is 9.59 Å². The van der Waals surface area contributed by atoms with Gasteiger partial charge in [-0.2, -0.15) is 0 Å². The molecule has 0 unspecified atom stereocenters. The van der Waals surface area contributed by atoms with Gasteiger partial charge >= 0.3 is 5.97 Å². The maximum atomic E-state index is 13.4. The van der Waals surface area contributed by atoms with Gasteiger partial charge in [0.25, 0.3) is 0 Å². The van der Waals surface area contributed by atoms with E-state index in [1.54, 1.807) is 7.11 Å². The quantitative estimate of drug-likeness (QED) is 0.391. The van der Waals surface area contributed by atoms with Crippen LogP contribution in [0.15, 0.2) is 42.5 Å². The van der Waals surface area contributed by atoms with Crippen LogP contribution in [0.3, 0.4) is 0 Å². The van der Waals surface area contributed by atoms with E-state index in [2.05, 4.69) is 22.3 Å². The Hall–Kier alpha value is -3.33. The maximum absolute atomic E-state index is 13.4. The minimum Gasteiger partial charge on any atom is -0.497 e. The van der Waals surface area contributed by atoms with Gasteiger partial charge in [-0.15, -0.1) is 0 Å². The molecule has 2 aliphatic rings. The minimum absolute atomic E-state index is 0.0276. The molecule has 2 aromatic carbocycles. The Morgan fingerprint density at radius 2 is 1.70 bits per heavy atom. The first-order valence-electron chi connectivity index (χ1n) is 12.5. The van der Waals surface area contributed by atoms with Crippen molar-refractivity contribution >= 4 is 18.0 Å². The van der Waals surface area contributed by atoms with Crippen LogP contribution in [0.25, 0.3) is 6.08 Å². The summed E-state index contributed by atoms with van der Waals surface area (Å²) in [6.45, 7) is 1.38. The number of rotatable bonds is 8. The van der Waals surface area contributed by atoms with Gasteiger partial charge in [0.15, 0.2) is 17.5 Å². The Morgan fingerprint density at radius 1 is 1.05 bits per heavy atom. The standard InChI is InChI=1S/C28H31F3N2O4/c1-37-22-7-4-18(5-8-22)19-10-12-33(13-11-19)27(28(35)36)20-3-6-21(16-20)32-25(34)9-2-17-14-23(29)26(31)24(30)15-17/h2,4-5,7-9,14-15,19-21,27H,3,6,10-13,16H2,1H3,(H,32,34)(H,35,36)/b9-2+/t20-,21+,27-/m1/s1. The summed E-state index contributed by atoms with van der Waals surface area (Å²) in [6, 6.07) is 8.83. The van der Waals surface area contributed by atoms with Crippen molar-refractivity contribution in [3.8, 4) is 5.75 Å². The molecule has 2 N–H and O–H groups in total. The number of amides is 1. The zero-order chi connectivity index (χ0) is 26.5. The number of piperidine rings is 1. The first kappa shape index (κ1) is 26.7. The summed E-state index contributed by atoms with van der Waals surface area (Å²) in [7, 11) is 1.63. The Labute approximate surface area is 214 Å². The van der Waals surface area contributed by atoms with Crippen molar-refractivity contribution in [2.45, 2.75) is 50.1 Å². The molecular formula is C28H31F3N2O4. The van der Waals surface area contributed by atoms with E-state index < -0.39 is 35.4 Å². The van der Waals surface area contributed by atoms with Crippen LogP contribution in [0, 0.1) is 23.4 Å². The molecule has 0 spiro atoms. The molecule has 6 nitrogen and oxygen atoms in total. The molecule has 1 heterocycles. The number of hydrogen-bond donors (Lipinski definition) is 2. The second-order valence-electron chi connectivity index (χ2n) is 9.78. The first-order valence-corrected chi connectivity index (χ1v) is 12.5. The Kier molecular flexibility index (Phi) is 8.53. The van der Waals surface area contributed by atoms with Crippen LogP contribution in [0.5, 0.6) is 5.75 Å². The number of ether oxygens (including phenoxy) is 1. The van der Waals surface area contributed by atoms with Gasteiger partial charge in [0.05, 0.1) is 7.11 Å². The van der Waals surface area contributed by atoms with Crippen LogP contribution in [0.4, 0.5) is 13.2 Å². The summed E-state index contributed by atoms with van der Waals surface area (Å²) in [6.07, 6.45) is 5.96. The number of halogens is 3. The predicted molar refractivity (Wildman–Crippen MR) is 133 cm³/mol. The van der Waals surface area contributed by atoms with Gasteiger partial charge in [-0.1, -0.05) is 12.1 Å². The lowest BCUT2D eigenvalue weighted by Crippen LogP contribution is -2.49. The van der Waals surface area contributed by atoms with Gasteiger partial charge in [0, 0.05) is 12.1 Å². The molecule has 0 radical (unpaired) electrons. The summed E-state index contributed by atoms with van der Waals surface area (Å²) in [4.78, 5) is 26.6. The third kappa shape index (κ3) is 6.52. The lowest BCUT2D eigenvalue weighted by atomic mass is 9.87. The highest BCUT2D eigenvalue weighted by Crippen LogP contribution is 2.35. The molecule has 1 amide bonds. The van der Waals surface area contributed by atoms with Crippen molar-refractivity contribution in [1.29, 1.82) is 0 Å². The van der Waals surface area contributed by atoms with Crippen molar-refractivity contribution in [2.24, 2.45) is 5.92 Å². The third-order valence-corrected chi connectivity index (χ3v) is 7.46. The zero-order valence-corrected chi connectivity index (χ0v) is 20.6. The van der Waals surface area contributed by atoms with Crippen LogP contribution < -0.4 is 10.1 Å². The molecule has 4 rings (SSSR count). The Balaban J connectivity index is 1.30. The van der Waals surface area contributed by atoms with Gasteiger partial charge in [0.2, 0.25) is 5.91 Å². The summed E-state index contributed by atoms with van der Waals surface area (Å²) >= 11 is 0. The number of carboxylic acid groups (broad SMARTS) is 1. The molecular weight excluding hydrogens is 485 g/mol. The van der Waals surface area contributed by atoms with E-state index >= 15 is 0 Å². The number of methoxy groups -OCH3 is 1. The maximum Gasteiger partial charge on any atom is 0.321 e. The second kappa shape index (κ2) is 11.8. The molecule has 1 saturated carbocycles. The highest BCUT2D eigenvalue weighted by molar-refractivity contribution is 5.91. The molecule has 2 aromatic rings. The van der Waals surface area contributed by atoms with Gasteiger partial charge in [-0.3, -0.25) is 14.5 Å². The summed E-state index contributed by atoms with van der Waals surface area (Å²) in [5.41, 5.74) is 1.26. The molecule has 1 saturated heterocycles. The zero-order valence-electron chi connectivity index (χ0n) is 20.6. The molecule has 0 aromatic heterocycles. The first-order chi connectivity index (χ1) is 17.7. The normalized spacial score (nSPS) is 21.7. The minimum atomic E-state index is -1.56. The Morgan fingerprint density at radius 3 is 2.30 bits per heavy atom. The van der Waals surface area contributed by atoms with E-state index in [9.17, 15) is 27.9 Å². The monoisotopic (exact) mass is 516 g/mol. The second-order valence-corrected chi connectivity index (χ2v) is 9.78. The lowest BCUT2D eigenvalue weighted by Gasteiger charge is -2.38. The number of carbonyl (C=O) groups is 2. The predicted octanol–water partition coefficient (Wildman–Crippen LogP) is 4.74. The summed E-state index contributed by atoms with van der Waals surface area (Å²) in [5.74, 6) is -4.42. The molecule has 37 heavy (non-hydrogen) atoms. The Bertz CT molecular complexity index is 1120. The average molecular weight is 517 g/mol. The molecule has 0 bridgehead atoms. The largest absolute Gasteiger partial charge is 0.497 e. The number of benzene rings is 2. The van der Waals surface area contributed by atoms with Crippen molar-refractivity contribution in [1.82, 2.24) is 10.2 Å². The number of hydrogen-bond acceptors (Lipinski definition) is 4. The van der Waals surface area contributed by atoms with Crippen molar-refractivity contribution in [3.05, 3.63) is 71.1 Å². The highest BCUT2D eigenvalue weighted by Gasteiger charge is 2.40. The highest BCUT2D eigenvalue weighted by atomic mass is 19.2. The molecule has 9 heteroatoms. The number of aliphatic carboxylic acids is 1. The van der Waals surface area contributed by atoms with E-state index in [4.69, 9.17) is 4.74 Å². The lowest BCUT2D eigenvalue weighted by molar-refractivity contribution is -0.146. The molecule has 198 valence electrons. The van der Waals surface area contributed by atoms with Gasteiger partial charge < -0.3 is 15.2 Å². The fourth-order valence-electron chi connectivity index (χ4n) is 5.57. The van der Waals surface area contributed by atoms with E-state index in [0.29, 0.717) is 38.3 Å².